The van der Waals surface area contributed by atoms with Crippen LogP contribution < -0.4 is 5.32 Å². The molecule has 9 nitrogen and oxygen atoms in total. The monoisotopic (exact) mass is 498 g/mol. The predicted octanol–water partition coefficient (Wildman–Crippen LogP) is 1.96. The second-order valence-corrected chi connectivity index (χ2v) is 8.63. The molecule has 2 N–H and O–H groups in total. The van der Waals surface area contributed by atoms with Crippen LogP contribution in [0.25, 0.3) is 0 Å². The lowest BCUT2D eigenvalue weighted by Crippen LogP contribution is -2.52. The number of ether oxygens (including phenoxy) is 2. The first-order valence-electron chi connectivity index (χ1n) is 10.9. The molecule has 2 unspecified atom stereocenters. The molecule has 0 amide bonds. The van der Waals surface area contributed by atoms with Crippen molar-refractivity contribution in [1.82, 2.24) is 15.2 Å². The molecule has 11 heteroatoms. The first-order chi connectivity index (χ1) is 16.9. The van der Waals surface area contributed by atoms with Crippen LogP contribution >= 0.6 is 11.3 Å². The molecule has 35 heavy (non-hydrogen) atoms. The second kappa shape index (κ2) is 10.8. The van der Waals surface area contributed by atoms with E-state index in [1.165, 1.54) is 29.5 Å². The Morgan fingerprint density at radius 3 is 2.97 bits per heavy atom. The molecule has 0 radical (unpaired) electrons. The maximum absolute atomic E-state index is 14.0. The number of morpholine rings is 1. The number of benzene rings is 1. The van der Waals surface area contributed by atoms with Gasteiger partial charge in [-0.05, 0) is 24.6 Å². The molecule has 182 valence electrons. The van der Waals surface area contributed by atoms with Gasteiger partial charge < -0.3 is 19.9 Å². The topological polar surface area (TPSA) is 113 Å². The summed E-state index contributed by atoms with van der Waals surface area (Å²) in [6.45, 7) is 2.60. The number of carbonyl (C=O) groups is 2. The summed E-state index contributed by atoms with van der Waals surface area (Å²) in [4.78, 5) is 35.8. The fourth-order valence-corrected chi connectivity index (χ4v) is 4.58. The standard InChI is InChI=1S/C24H23FN4O5S/c1-3-14-11-15(25)5-6-16(14)20-19(24(32)34-4-2)17(27-21(28-20)22-26-7-10-35-22)12-29-8-9-33-13-18(29)23(30)31/h1,5-7,10-11,18,20H,4,8-9,12-13H2,2H3,(H,27,28)(H,30,31). The Morgan fingerprint density at radius 2 is 2.29 bits per heavy atom. The number of aromatic nitrogens is 1. The number of hydrogen-bond donors (Lipinski definition) is 2. The number of nitrogens with zero attached hydrogens (tertiary/aromatic N) is 3. The number of esters is 1. The van der Waals surface area contributed by atoms with Gasteiger partial charge in [0.05, 0.1) is 25.4 Å². The van der Waals surface area contributed by atoms with E-state index in [1.54, 1.807) is 23.4 Å². The minimum Gasteiger partial charge on any atom is -0.480 e. The number of carboxylic acids is 1. The first kappa shape index (κ1) is 24.5. The number of aliphatic imine (C=N–C) groups is 1. The van der Waals surface area contributed by atoms with E-state index in [0.717, 1.165) is 0 Å². The van der Waals surface area contributed by atoms with Crippen LogP contribution in [0.5, 0.6) is 0 Å². The van der Waals surface area contributed by atoms with Gasteiger partial charge in [0.25, 0.3) is 0 Å². The van der Waals surface area contributed by atoms with E-state index >= 15 is 0 Å². The van der Waals surface area contributed by atoms with Gasteiger partial charge in [-0.2, -0.15) is 0 Å². The van der Waals surface area contributed by atoms with Crippen molar-refractivity contribution in [2.75, 3.05) is 32.9 Å². The minimum atomic E-state index is -1.03. The zero-order chi connectivity index (χ0) is 24.9. The molecule has 2 atom stereocenters. The summed E-state index contributed by atoms with van der Waals surface area (Å²) in [6, 6.07) is 2.15. The number of carbonyl (C=O) groups excluding carboxylic acids is 1. The van der Waals surface area contributed by atoms with Gasteiger partial charge in [0.1, 0.15) is 17.9 Å². The Bertz CT molecular complexity index is 1220. The van der Waals surface area contributed by atoms with Crippen LogP contribution in [0.15, 0.2) is 46.0 Å². The van der Waals surface area contributed by atoms with Crippen molar-refractivity contribution < 1.29 is 28.6 Å². The summed E-state index contributed by atoms with van der Waals surface area (Å²) in [5.74, 6) is 0.685. The Balaban J connectivity index is 1.86. The molecular formula is C24H23FN4O5S. The maximum Gasteiger partial charge on any atom is 0.338 e. The third kappa shape index (κ3) is 5.24. The fraction of sp³-hybridized carbons (Fsp3) is 0.333. The molecule has 1 fully saturated rings. The highest BCUT2D eigenvalue weighted by Gasteiger charge is 2.37. The molecule has 0 bridgehead atoms. The lowest BCUT2D eigenvalue weighted by Gasteiger charge is -2.35. The fourth-order valence-electron chi connectivity index (χ4n) is 3.99. The van der Waals surface area contributed by atoms with Gasteiger partial charge in [0.2, 0.25) is 0 Å². The van der Waals surface area contributed by atoms with Crippen molar-refractivity contribution in [1.29, 1.82) is 0 Å². The normalized spacial score (nSPS) is 20.5. The van der Waals surface area contributed by atoms with Crippen LogP contribution in [0.2, 0.25) is 0 Å². The average Bonchev–Trinajstić information content (AvgIpc) is 3.39. The highest BCUT2D eigenvalue weighted by molar-refractivity contribution is 7.11. The number of terminal acetylenes is 1. The van der Waals surface area contributed by atoms with E-state index < -0.39 is 29.8 Å². The first-order valence-corrected chi connectivity index (χ1v) is 11.8. The zero-order valence-corrected chi connectivity index (χ0v) is 19.7. The summed E-state index contributed by atoms with van der Waals surface area (Å²) in [5, 5.41) is 15.2. The lowest BCUT2D eigenvalue weighted by molar-refractivity contribution is -0.149. The van der Waals surface area contributed by atoms with Gasteiger partial charge in [-0.1, -0.05) is 12.0 Å². The number of hydrogen-bond acceptors (Lipinski definition) is 9. The Morgan fingerprint density at radius 1 is 1.46 bits per heavy atom. The second-order valence-electron chi connectivity index (χ2n) is 7.73. The average molecular weight is 499 g/mol. The third-order valence-corrected chi connectivity index (χ3v) is 6.39. The highest BCUT2D eigenvalue weighted by Crippen LogP contribution is 2.35. The van der Waals surface area contributed by atoms with Crippen molar-refractivity contribution in [3.05, 3.63) is 63.0 Å². The van der Waals surface area contributed by atoms with Gasteiger partial charge in [0.15, 0.2) is 10.8 Å². The van der Waals surface area contributed by atoms with E-state index in [-0.39, 0.29) is 30.9 Å². The minimum absolute atomic E-state index is 0.0212. The van der Waals surface area contributed by atoms with Crippen molar-refractivity contribution in [2.24, 2.45) is 4.99 Å². The van der Waals surface area contributed by atoms with E-state index in [0.29, 0.717) is 35.3 Å². The smallest absolute Gasteiger partial charge is 0.338 e. The van der Waals surface area contributed by atoms with Crippen LogP contribution in [0.1, 0.15) is 29.1 Å². The molecule has 0 aliphatic carbocycles. The Kier molecular flexibility index (Phi) is 7.55. The molecule has 0 saturated carbocycles. The van der Waals surface area contributed by atoms with Gasteiger partial charge >= 0.3 is 11.9 Å². The van der Waals surface area contributed by atoms with E-state index in [4.69, 9.17) is 20.9 Å². The van der Waals surface area contributed by atoms with Crippen LogP contribution in [-0.4, -0.2) is 71.7 Å². The lowest BCUT2D eigenvalue weighted by atomic mass is 9.91. The molecule has 0 spiro atoms. The molecule has 2 aliphatic rings. The molecule has 1 aromatic heterocycles. The number of nitrogens with one attached hydrogen (secondary N) is 1. The summed E-state index contributed by atoms with van der Waals surface area (Å²) >= 11 is 1.34. The van der Waals surface area contributed by atoms with E-state index in [9.17, 15) is 19.1 Å². The van der Waals surface area contributed by atoms with Crippen LogP contribution in [0, 0.1) is 18.2 Å². The summed E-state index contributed by atoms with van der Waals surface area (Å²) in [7, 11) is 0. The molecular weight excluding hydrogens is 475 g/mol. The molecule has 4 rings (SSSR count). The Labute approximate surface area is 205 Å². The van der Waals surface area contributed by atoms with Gasteiger partial charge in [-0.25, -0.2) is 14.2 Å². The molecule has 2 aromatic rings. The Hall–Kier alpha value is -3.59. The van der Waals surface area contributed by atoms with Crippen molar-refractivity contribution in [3.63, 3.8) is 0 Å². The summed E-state index contributed by atoms with van der Waals surface area (Å²) in [5.41, 5.74) is 1.27. The quantitative estimate of drug-likeness (QED) is 0.440. The number of amidine groups is 1. The summed E-state index contributed by atoms with van der Waals surface area (Å²) in [6.07, 6.45) is 7.28. The van der Waals surface area contributed by atoms with Gasteiger partial charge in [-0.3, -0.25) is 14.7 Å². The number of carboxylic acid groups (broad SMARTS) is 1. The molecule has 3 heterocycles. The van der Waals surface area contributed by atoms with Crippen molar-refractivity contribution in [3.8, 4) is 12.3 Å². The van der Waals surface area contributed by atoms with E-state index in [2.05, 4.69) is 16.2 Å². The number of thiazole rings is 1. The predicted molar refractivity (Wildman–Crippen MR) is 126 cm³/mol. The van der Waals surface area contributed by atoms with Gasteiger partial charge in [0, 0.05) is 35.9 Å². The number of rotatable bonds is 7. The van der Waals surface area contributed by atoms with Crippen LogP contribution in [-0.2, 0) is 19.1 Å². The SMILES string of the molecule is C#Cc1cc(F)ccc1C1N=C(c2nccs2)NC(CN2CCOCC2C(=O)O)=C1C(=O)OCC. The van der Waals surface area contributed by atoms with Crippen LogP contribution in [0.3, 0.4) is 0 Å². The summed E-state index contributed by atoms with van der Waals surface area (Å²) < 4.78 is 24.6. The van der Waals surface area contributed by atoms with Crippen molar-refractivity contribution >= 4 is 29.1 Å². The van der Waals surface area contributed by atoms with Crippen LogP contribution in [0.4, 0.5) is 4.39 Å². The van der Waals surface area contributed by atoms with Crippen molar-refractivity contribution in [2.45, 2.75) is 19.0 Å². The van der Waals surface area contributed by atoms with E-state index in [1.807, 2.05) is 0 Å². The number of aliphatic carboxylic acids is 1. The highest BCUT2D eigenvalue weighted by atomic mass is 32.1. The number of halogens is 1. The molecule has 1 aromatic carbocycles. The zero-order valence-electron chi connectivity index (χ0n) is 18.9. The molecule has 2 aliphatic heterocycles. The largest absolute Gasteiger partial charge is 0.480 e. The molecule has 1 saturated heterocycles. The maximum atomic E-state index is 14.0. The van der Waals surface area contributed by atoms with Gasteiger partial charge in [-0.15, -0.1) is 17.8 Å². The third-order valence-electron chi connectivity index (χ3n) is 5.61.